The van der Waals surface area contributed by atoms with Gasteiger partial charge in [-0.25, -0.2) is 8.42 Å². The molecule has 45 heavy (non-hydrogen) atoms. The molecule has 0 aliphatic carbocycles. The zero-order valence-electron chi connectivity index (χ0n) is 25.8. The Morgan fingerprint density at radius 1 is 0.556 bits per heavy atom. The van der Waals surface area contributed by atoms with E-state index in [1.54, 1.807) is 13.8 Å². The molecular formula is C37H42O7S. The first-order valence-corrected chi connectivity index (χ1v) is 17.0. The van der Waals surface area contributed by atoms with E-state index in [0.29, 0.717) is 6.61 Å². The van der Waals surface area contributed by atoms with Gasteiger partial charge in [-0.3, -0.25) is 0 Å². The highest BCUT2D eigenvalue weighted by Crippen LogP contribution is 2.34. The standard InChI is InChI=1S/C37H42O7S/c1-28(2)45(38,39)37-36(43-26-32-21-13-6-14-22-32)35(42-25-31-19-11-5-12-20-31)34(41-24-30-17-9-4-10-18-30)33(44-37)27-40-23-29-15-7-3-8-16-29/h3-22,28,33-37H,23-27H2,1-2H3/t33-,34-,35+,36-,37+/m1/s1. The first kappa shape index (κ1) is 33.0. The van der Waals surface area contributed by atoms with Gasteiger partial charge in [0, 0.05) is 0 Å². The molecular weight excluding hydrogens is 588 g/mol. The molecule has 0 radical (unpaired) electrons. The van der Waals surface area contributed by atoms with Crippen molar-refractivity contribution >= 4 is 9.84 Å². The molecule has 0 bridgehead atoms. The van der Waals surface area contributed by atoms with Crippen LogP contribution in [0.4, 0.5) is 0 Å². The third-order valence-electron chi connectivity index (χ3n) is 7.82. The molecule has 0 aromatic heterocycles. The Morgan fingerprint density at radius 2 is 0.933 bits per heavy atom. The minimum atomic E-state index is -3.81. The monoisotopic (exact) mass is 630 g/mol. The summed E-state index contributed by atoms with van der Waals surface area (Å²) in [4.78, 5) is 0. The van der Waals surface area contributed by atoms with E-state index in [9.17, 15) is 8.42 Å². The van der Waals surface area contributed by atoms with Crippen LogP contribution in [0.1, 0.15) is 36.1 Å². The van der Waals surface area contributed by atoms with Gasteiger partial charge in [-0.15, -0.1) is 0 Å². The van der Waals surface area contributed by atoms with E-state index in [-0.39, 0.29) is 26.4 Å². The first-order chi connectivity index (χ1) is 21.9. The van der Waals surface area contributed by atoms with Crippen molar-refractivity contribution in [3.8, 4) is 0 Å². The fraction of sp³-hybridized carbons (Fsp3) is 0.351. The molecule has 0 amide bonds. The highest BCUT2D eigenvalue weighted by molar-refractivity contribution is 7.92. The van der Waals surface area contributed by atoms with Gasteiger partial charge < -0.3 is 23.7 Å². The van der Waals surface area contributed by atoms with Gasteiger partial charge in [-0.2, -0.15) is 0 Å². The van der Waals surface area contributed by atoms with Crippen LogP contribution < -0.4 is 0 Å². The Labute approximate surface area is 267 Å². The van der Waals surface area contributed by atoms with Gasteiger partial charge >= 0.3 is 0 Å². The normalized spacial score (nSPS) is 22.0. The SMILES string of the molecule is CC(C)S(=O)(=O)[C@@H]1O[C@H](COCc2ccccc2)[C@@H](OCc2ccccc2)[C@H](OCc2ccccc2)[C@H]1OCc1ccccc1. The summed E-state index contributed by atoms with van der Waals surface area (Å²) < 4.78 is 60.1. The molecule has 1 saturated heterocycles. The fourth-order valence-corrected chi connectivity index (χ4v) is 6.72. The highest BCUT2D eigenvalue weighted by Gasteiger charge is 2.53. The van der Waals surface area contributed by atoms with Crippen LogP contribution in [-0.2, 0) is 59.9 Å². The lowest BCUT2D eigenvalue weighted by molar-refractivity contribution is -0.256. The van der Waals surface area contributed by atoms with E-state index >= 15 is 0 Å². The summed E-state index contributed by atoms with van der Waals surface area (Å²) in [6, 6.07) is 39.1. The molecule has 0 saturated carbocycles. The van der Waals surface area contributed by atoms with Crippen LogP contribution in [0.2, 0.25) is 0 Å². The second-order valence-electron chi connectivity index (χ2n) is 11.5. The molecule has 1 aliphatic rings. The van der Waals surface area contributed by atoms with E-state index in [1.165, 1.54) is 0 Å². The van der Waals surface area contributed by atoms with Crippen LogP contribution in [-0.4, -0.2) is 50.1 Å². The molecule has 7 nitrogen and oxygen atoms in total. The lowest BCUT2D eigenvalue weighted by atomic mass is 9.98. The van der Waals surface area contributed by atoms with Crippen molar-refractivity contribution in [1.82, 2.24) is 0 Å². The van der Waals surface area contributed by atoms with Crippen molar-refractivity contribution in [1.29, 1.82) is 0 Å². The Kier molecular flexibility index (Phi) is 11.9. The summed E-state index contributed by atoms with van der Waals surface area (Å²) in [5.74, 6) is 0. The summed E-state index contributed by atoms with van der Waals surface area (Å²) >= 11 is 0. The third kappa shape index (κ3) is 9.10. The average molecular weight is 631 g/mol. The topological polar surface area (TPSA) is 80.3 Å². The lowest BCUT2D eigenvalue weighted by Crippen LogP contribution is -2.63. The van der Waals surface area contributed by atoms with Crippen LogP contribution in [0.25, 0.3) is 0 Å². The van der Waals surface area contributed by atoms with E-state index in [2.05, 4.69) is 0 Å². The van der Waals surface area contributed by atoms with Crippen LogP contribution in [0, 0.1) is 0 Å². The summed E-state index contributed by atoms with van der Waals surface area (Å²) in [6.07, 6.45) is -3.18. The molecule has 5 atom stereocenters. The largest absolute Gasteiger partial charge is 0.374 e. The molecule has 0 unspecified atom stereocenters. The highest BCUT2D eigenvalue weighted by atomic mass is 32.2. The molecule has 8 heteroatoms. The van der Waals surface area contributed by atoms with Crippen molar-refractivity contribution in [3.63, 3.8) is 0 Å². The average Bonchev–Trinajstić information content (AvgIpc) is 3.07. The Hall–Kier alpha value is -3.37. The number of benzene rings is 4. The molecule has 1 heterocycles. The zero-order valence-corrected chi connectivity index (χ0v) is 26.6. The van der Waals surface area contributed by atoms with Gasteiger partial charge in [0.15, 0.2) is 15.3 Å². The Balaban J connectivity index is 1.49. The predicted molar refractivity (Wildman–Crippen MR) is 174 cm³/mol. The van der Waals surface area contributed by atoms with Gasteiger partial charge in [0.05, 0.1) is 38.3 Å². The predicted octanol–water partition coefficient (Wildman–Crippen LogP) is 6.51. The van der Waals surface area contributed by atoms with Gasteiger partial charge in [0.25, 0.3) is 0 Å². The van der Waals surface area contributed by atoms with Gasteiger partial charge in [-0.1, -0.05) is 121 Å². The van der Waals surface area contributed by atoms with E-state index in [0.717, 1.165) is 22.3 Å². The second-order valence-corrected chi connectivity index (χ2v) is 14.1. The van der Waals surface area contributed by atoms with Crippen LogP contribution in [0.3, 0.4) is 0 Å². The van der Waals surface area contributed by atoms with Gasteiger partial charge in [-0.05, 0) is 36.1 Å². The molecule has 1 fully saturated rings. The Morgan fingerprint density at radius 3 is 1.36 bits per heavy atom. The van der Waals surface area contributed by atoms with Crippen molar-refractivity contribution in [3.05, 3.63) is 144 Å². The molecule has 4 aromatic carbocycles. The number of ether oxygens (including phenoxy) is 5. The Bertz CT molecular complexity index is 1520. The van der Waals surface area contributed by atoms with Crippen molar-refractivity contribution in [2.75, 3.05) is 6.61 Å². The quantitative estimate of drug-likeness (QED) is 0.148. The number of hydrogen-bond donors (Lipinski definition) is 0. The fourth-order valence-electron chi connectivity index (χ4n) is 5.28. The van der Waals surface area contributed by atoms with Gasteiger partial charge in [0.2, 0.25) is 0 Å². The third-order valence-corrected chi connectivity index (χ3v) is 10.2. The lowest BCUT2D eigenvalue weighted by Gasteiger charge is -2.46. The summed E-state index contributed by atoms with van der Waals surface area (Å²) in [6.45, 7) is 4.48. The first-order valence-electron chi connectivity index (χ1n) is 15.4. The molecule has 0 N–H and O–H groups in total. The zero-order chi connectivity index (χ0) is 31.5. The molecule has 1 aliphatic heterocycles. The molecule has 238 valence electrons. The van der Waals surface area contributed by atoms with Crippen molar-refractivity contribution < 1.29 is 32.1 Å². The van der Waals surface area contributed by atoms with E-state index in [1.807, 2.05) is 121 Å². The minimum absolute atomic E-state index is 0.106. The minimum Gasteiger partial charge on any atom is -0.374 e. The second kappa shape index (κ2) is 16.3. The van der Waals surface area contributed by atoms with Crippen molar-refractivity contribution in [2.24, 2.45) is 0 Å². The van der Waals surface area contributed by atoms with E-state index in [4.69, 9.17) is 23.7 Å². The van der Waals surface area contributed by atoms with E-state index < -0.39 is 44.9 Å². The molecule has 4 aromatic rings. The van der Waals surface area contributed by atoms with Crippen LogP contribution >= 0.6 is 0 Å². The maximum Gasteiger partial charge on any atom is 0.188 e. The smallest absolute Gasteiger partial charge is 0.188 e. The maximum absolute atomic E-state index is 13.9. The summed E-state index contributed by atoms with van der Waals surface area (Å²) in [7, 11) is -3.81. The number of rotatable bonds is 15. The van der Waals surface area contributed by atoms with Crippen LogP contribution in [0.5, 0.6) is 0 Å². The van der Waals surface area contributed by atoms with Crippen molar-refractivity contribution in [2.45, 2.75) is 75.4 Å². The number of sulfone groups is 1. The number of hydrogen-bond acceptors (Lipinski definition) is 7. The molecule has 5 rings (SSSR count). The molecule has 0 spiro atoms. The van der Waals surface area contributed by atoms with Crippen LogP contribution in [0.15, 0.2) is 121 Å². The van der Waals surface area contributed by atoms with Gasteiger partial charge in [0.1, 0.15) is 24.4 Å². The maximum atomic E-state index is 13.9. The summed E-state index contributed by atoms with van der Waals surface area (Å²) in [5, 5.41) is -0.701. The summed E-state index contributed by atoms with van der Waals surface area (Å²) in [5.41, 5.74) is 2.55.